The Kier molecular flexibility index (Phi) is 4.69. The number of ether oxygens (including phenoxy) is 1. The molecular formula is C17H20ClNO. The number of hydrogen-bond donors (Lipinski definition) is 1. The maximum Gasteiger partial charge on any atom is 0.126 e. The first-order valence-electron chi connectivity index (χ1n) is 6.69. The Balaban J connectivity index is 2.61. The van der Waals surface area contributed by atoms with Crippen molar-refractivity contribution in [2.75, 3.05) is 14.2 Å². The molecule has 3 heteroatoms. The molecule has 1 N–H and O–H groups in total. The second-order valence-electron chi connectivity index (χ2n) is 4.88. The molecule has 1 unspecified atom stereocenters. The summed E-state index contributed by atoms with van der Waals surface area (Å²) in [5.74, 6) is 0.863. The van der Waals surface area contributed by atoms with Crippen molar-refractivity contribution in [1.82, 2.24) is 5.32 Å². The lowest BCUT2D eigenvalue weighted by molar-refractivity contribution is 0.416. The van der Waals surface area contributed by atoms with Gasteiger partial charge in [-0.05, 0) is 55.8 Å². The van der Waals surface area contributed by atoms with Crippen LogP contribution in [0.25, 0.3) is 11.1 Å². The lowest BCUT2D eigenvalue weighted by Crippen LogP contribution is -2.12. The summed E-state index contributed by atoms with van der Waals surface area (Å²) < 4.78 is 5.50. The van der Waals surface area contributed by atoms with Gasteiger partial charge in [-0.25, -0.2) is 0 Å². The van der Waals surface area contributed by atoms with Crippen molar-refractivity contribution in [2.45, 2.75) is 19.9 Å². The van der Waals surface area contributed by atoms with Crippen molar-refractivity contribution in [1.29, 1.82) is 0 Å². The third kappa shape index (κ3) is 2.82. The van der Waals surface area contributed by atoms with Crippen molar-refractivity contribution >= 4 is 11.6 Å². The molecule has 0 aromatic heterocycles. The molecule has 0 saturated heterocycles. The van der Waals surface area contributed by atoms with Gasteiger partial charge >= 0.3 is 0 Å². The maximum absolute atomic E-state index is 6.24. The Morgan fingerprint density at radius 3 is 2.55 bits per heavy atom. The van der Waals surface area contributed by atoms with Crippen molar-refractivity contribution in [3.05, 3.63) is 52.5 Å². The lowest BCUT2D eigenvalue weighted by Gasteiger charge is -2.16. The molecule has 0 aliphatic carbocycles. The van der Waals surface area contributed by atoms with Crippen LogP contribution in [-0.4, -0.2) is 14.2 Å². The summed E-state index contributed by atoms with van der Waals surface area (Å²) in [5.41, 5.74) is 4.48. The second-order valence-corrected chi connectivity index (χ2v) is 5.29. The SMILES string of the molecule is CNC(C)c1ccc(OC)c(-c2cccc(Cl)c2C)c1. The first kappa shape index (κ1) is 14.9. The van der Waals surface area contributed by atoms with Crippen molar-refractivity contribution < 1.29 is 4.74 Å². The van der Waals surface area contributed by atoms with Crippen LogP contribution >= 0.6 is 11.6 Å². The summed E-state index contributed by atoms with van der Waals surface area (Å²) in [6.07, 6.45) is 0. The zero-order chi connectivity index (χ0) is 14.7. The van der Waals surface area contributed by atoms with E-state index < -0.39 is 0 Å². The smallest absolute Gasteiger partial charge is 0.126 e. The number of hydrogen-bond acceptors (Lipinski definition) is 2. The average molecular weight is 290 g/mol. The van der Waals surface area contributed by atoms with Crippen molar-refractivity contribution in [3.8, 4) is 16.9 Å². The molecule has 20 heavy (non-hydrogen) atoms. The van der Waals surface area contributed by atoms with E-state index in [-0.39, 0.29) is 0 Å². The molecule has 0 amide bonds. The van der Waals surface area contributed by atoms with E-state index in [4.69, 9.17) is 16.3 Å². The summed E-state index contributed by atoms with van der Waals surface area (Å²) in [6, 6.07) is 12.5. The summed E-state index contributed by atoms with van der Waals surface area (Å²) in [4.78, 5) is 0. The quantitative estimate of drug-likeness (QED) is 0.888. The van der Waals surface area contributed by atoms with E-state index in [9.17, 15) is 0 Å². The molecule has 0 aliphatic heterocycles. The average Bonchev–Trinajstić information content (AvgIpc) is 2.48. The molecule has 106 valence electrons. The molecule has 1 atom stereocenters. The topological polar surface area (TPSA) is 21.3 Å². The molecule has 2 nitrogen and oxygen atoms in total. The van der Waals surface area contributed by atoms with E-state index in [0.29, 0.717) is 6.04 Å². The Bertz CT molecular complexity index is 610. The van der Waals surface area contributed by atoms with Crippen LogP contribution in [0.4, 0.5) is 0 Å². The Morgan fingerprint density at radius 1 is 1.15 bits per heavy atom. The number of benzene rings is 2. The largest absolute Gasteiger partial charge is 0.496 e. The van der Waals surface area contributed by atoms with Crippen LogP contribution < -0.4 is 10.1 Å². The summed E-state index contributed by atoms with van der Waals surface area (Å²) in [6.45, 7) is 4.17. The van der Waals surface area contributed by atoms with E-state index in [0.717, 1.165) is 27.5 Å². The van der Waals surface area contributed by atoms with Gasteiger partial charge in [0.1, 0.15) is 5.75 Å². The minimum atomic E-state index is 0.291. The maximum atomic E-state index is 6.24. The number of nitrogens with one attached hydrogen (secondary N) is 1. The van der Waals surface area contributed by atoms with Crippen LogP contribution in [0.3, 0.4) is 0 Å². The standard InChI is InChI=1S/C17H20ClNO/c1-11-14(6-5-7-16(11)18)15-10-13(12(2)19-3)8-9-17(15)20-4/h5-10,12,19H,1-4H3. The van der Waals surface area contributed by atoms with Crippen LogP contribution in [0.5, 0.6) is 5.75 Å². The highest BCUT2D eigenvalue weighted by Crippen LogP contribution is 2.36. The van der Waals surface area contributed by atoms with Gasteiger partial charge in [-0.3, -0.25) is 0 Å². The molecule has 0 saturated carbocycles. The lowest BCUT2D eigenvalue weighted by atomic mass is 9.96. The number of halogens is 1. The molecule has 2 aromatic carbocycles. The van der Waals surface area contributed by atoms with Crippen LogP contribution in [0.2, 0.25) is 5.02 Å². The van der Waals surface area contributed by atoms with Gasteiger partial charge in [-0.15, -0.1) is 0 Å². The van der Waals surface area contributed by atoms with E-state index >= 15 is 0 Å². The van der Waals surface area contributed by atoms with Gasteiger partial charge in [0.25, 0.3) is 0 Å². The first-order chi connectivity index (χ1) is 9.58. The van der Waals surface area contributed by atoms with Gasteiger partial charge in [0.15, 0.2) is 0 Å². The normalized spacial score (nSPS) is 12.2. The third-order valence-electron chi connectivity index (χ3n) is 3.71. The highest BCUT2D eigenvalue weighted by atomic mass is 35.5. The minimum absolute atomic E-state index is 0.291. The highest BCUT2D eigenvalue weighted by molar-refractivity contribution is 6.31. The Labute approximate surface area is 125 Å². The Hall–Kier alpha value is -1.51. The van der Waals surface area contributed by atoms with E-state index in [1.54, 1.807) is 7.11 Å². The van der Waals surface area contributed by atoms with Crippen LogP contribution in [0.1, 0.15) is 24.1 Å². The summed E-state index contributed by atoms with van der Waals surface area (Å²) in [7, 11) is 3.65. The summed E-state index contributed by atoms with van der Waals surface area (Å²) >= 11 is 6.24. The molecule has 2 aromatic rings. The summed E-state index contributed by atoms with van der Waals surface area (Å²) in [5, 5.41) is 4.03. The molecule has 0 fully saturated rings. The van der Waals surface area contributed by atoms with E-state index in [2.05, 4.69) is 30.4 Å². The van der Waals surface area contributed by atoms with Gasteiger partial charge in [-0.1, -0.05) is 29.8 Å². The number of rotatable bonds is 4. The molecule has 0 radical (unpaired) electrons. The predicted octanol–water partition coefficient (Wildman–Crippen LogP) is 4.60. The fourth-order valence-corrected chi connectivity index (χ4v) is 2.45. The van der Waals surface area contributed by atoms with Gasteiger partial charge in [0.05, 0.1) is 7.11 Å². The minimum Gasteiger partial charge on any atom is -0.496 e. The van der Waals surface area contributed by atoms with Gasteiger partial charge in [-0.2, -0.15) is 0 Å². The van der Waals surface area contributed by atoms with E-state index in [1.807, 2.05) is 32.2 Å². The van der Waals surface area contributed by atoms with Gasteiger partial charge in [0.2, 0.25) is 0 Å². The number of methoxy groups -OCH3 is 1. The highest BCUT2D eigenvalue weighted by Gasteiger charge is 2.13. The predicted molar refractivity (Wildman–Crippen MR) is 85.7 cm³/mol. The van der Waals surface area contributed by atoms with Crippen LogP contribution in [-0.2, 0) is 0 Å². The molecule has 0 spiro atoms. The second kappa shape index (κ2) is 6.29. The monoisotopic (exact) mass is 289 g/mol. The fraction of sp³-hybridized carbons (Fsp3) is 0.294. The van der Waals surface area contributed by atoms with Gasteiger partial charge < -0.3 is 10.1 Å². The first-order valence-corrected chi connectivity index (χ1v) is 7.07. The van der Waals surface area contributed by atoms with Crippen molar-refractivity contribution in [2.24, 2.45) is 0 Å². The van der Waals surface area contributed by atoms with Gasteiger partial charge in [0, 0.05) is 16.6 Å². The Morgan fingerprint density at radius 2 is 1.90 bits per heavy atom. The fourth-order valence-electron chi connectivity index (χ4n) is 2.27. The zero-order valence-corrected chi connectivity index (χ0v) is 13.1. The van der Waals surface area contributed by atoms with Crippen molar-refractivity contribution in [3.63, 3.8) is 0 Å². The molecule has 0 aliphatic rings. The molecular weight excluding hydrogens is 270 g/mol. The van der Waals surface area contributed by atoms with E-state index in [1.165, 1.54) is 5.56 Å². The van der Waals surface area contributed by atoms with Crippen LogP contribution in [0.15, 0.2) is 36.4 Å². The molecule has 0 bridgehead atoms. The zero-order valence-electron chi connectivity index (χ0n) is 12.3. The molecule has 0 heterocycles. The van der Waals surface area contributed by atoms with Crippen LogP contribution in [0, 0.1) is 6.92 Å². The third-order valence-corrected chi connectivity index (χ3v) is 4.12. The molecule has 2 rings (SSSR count).